The molecule has 0 fully saturated rings. The molecule has 0 radical (unpaired) electrons. The maximum atomic E-state index is 11.5. The van der Waals surface area contributed by atoms with E-state index in [0.29, 0.717) is 12.0 Å². The smallest absolute Gasteiger partial charge is 0.311 e. The van der Waals surface area contributed by atoms with Gasteiger partial charge >= 0.3 is 11.9 Å². The van der Waals surface area contributed by atoms with Crippen LogP contribution in [0.15, 0.2) is 24.3 Å². The first-order valence-corrected chi connectivity index (χ1v) is 7.08. The molecule has 22 heavy (non-hydrogen) atoms. The fourth-order valence-electron chi connectivity index (χ4n) is 3.36. The molecule has 0 saturated carbocycles. The molecule has 2 rings (SSSR count). The number of carbonyl (C=O) groups is 3. The summed E-state index contributed by atoms with van der Waals surface area (Å²) in [5, 5.41) is 18.5. The Labute approximate surface area is 127 Å². The Morgan fingerprint density at radius 2 is 1.95 bits per heavy atom. The zero-order valence-electron chi connectivity index (χ0n) is 12.1. The van der Waals surface area contributed by atoms with E-state index in [2.05, 4.69) is 0 Å². The Hall–Kier alpha value is -2.37. The molecular weight excluding hydrogens is 288 g/mol. The summed E-state index contributed by atoms with van der Waals surface area (Å²) in [4.78, 5) is 33.2. The van der Waals surface area contributed by atoms with E-state index in [1.165, 1.54) is 0 Å². The maximum absolute atomic E-state index is 11.5. The van der Waals surface area contributed by atoms with Crippen LogP contribution in [0.2, 0.25) is 0 Å². The molecule has 0 heterocycles. The number of ether oxygens (including phenoxy) is 1. The summed E-state index contributed by atoms with van der Waals surface area (Å²) in [6.45, 7) is 2.07. The van der Waals surface area contributed by atoms with Crippen molar-refractivity contribution >= 4 is 18.4 Å². The van der Waals surface area contributed by atoms with Crippen molar-refractivity contribution < 1.29 is 29.3 Å². The third-order valence-electron chi connectivity index (χ3n) is 4.25. The summed E-state index contributed by atoms with van der Waals surface area (Å²) >= 11 is 0. The van der Waals surface area contributed by atoms with Crippen molar-refractivity contribution in [3.63, 3.8) is 0 Å². The Morgan fingerprint density at radius 3 is 2.50 bits per heavy atom. The van der Waals surface area contributed by atoms with Gasteiger partial charge in [0, 0.05) is 5.92 Å². The summed E-state index contributed by atoms with van der Waals surface area (Å²) in [5.74, 6) is -3.08. The minimum Gasteiger partial charge on any atom is -0.481 e. The Kier molecular flexibility index (Phi) is 4.80. The second-order valence-electron chi connectivity index (χ2n) is 5.63. The highest BCUT2D eigenvalue weighted by Gasteiger charge is 2.40. The van der Waals surface area contributed by atoms with E-state index in [1.54, 1.807) is 24.3 Å². The van der Waals surface area contributed by atoms with E-state index in [9.17, 15) is 19.5 Å². The van der Waals surface area contributed by atoms with E-state index in [-0.39, 0.29) is 24.7 Å². The predicted octanol–water partition coefficient (Wildman–Crippen LogP) is 1.99. The van der Waals surface area contributed by atoms with Crippen LogP contribution in [-0.4, -0.2) is 34.7 Å². The van der Waals surface area contributed by atoms with Gasteiger partial charge in [-0.15, -0.1) is 0 Å². The Bertz CT molecular complexity index is 582. The molecular formula is C16H18O6. The van der Waals surface area contributed by atoms with Crippen LogP contribution >= 0.6 is 0 Å². The molecule has 6 heteroatoms. The van der Waals surface area contributed by atoms with Crippen LogP contribution < -0.4 is 0 Å². The largest absolute Gasteiger partial charge is 0.481 e. The van der Waals surface area contributed by atoms with Crippen molar-refractivity contribution in [2.75, 3.05) is 0 Å². The summed E-state index contributed by atoms with van der Waals surface area (Å²) in [6, 6.07) is 7.07. The van der Waals surface area contributed by atoms with Crippen molar-refractivity contribution in [3.8, 4) is 0 Å². The molecule has 2 N–H and O–H groups in total. The van der Waals surface area contributed by atoms with E-state index in [4.69, 9.17) is 9.84 Å². The molecule has 0 amide bonds. The molecule has 1 aromatic carbocycles. The SMILES string of the molecule is CC1CC(C(CC(=O)O)OC=O)c2ccccc2C1C(=O)O. The topological polar surface area (TPSA) is 101 Å². The van der Waals surface area contributed by atoms with Gasteiger partial charge in [-0.2, -0.15) is 0 Å². The molecule has 0 aliphatic heterocycles. The van der Waals surface area contributed by atoms with Crippen molar-refractivity contribution in [1.82, 2.24) is 0 Å². The number of hydrogen-bond acceptors (Lipinski definition) is 4. The van der Waals surface area contributed by atoms with Crippen LogP contribution in [0.4, 0.5) is 0 Å². The highest BCUT2D eigenvalue weighted by molar-refractivity contribution is 5.78. The highest BCUT2D eigenvalue weighted by atomic mass is 16.5. The van der Waals surface area contributed by atoms with Gasteiger partial charge in [0.1, 0.15) is 6.10 Å². The summed E-state index contributed by atoms with van der Waals surface area (Å²) in [7, 11) is 0. The number of aliphatic carboxylic acids is 2. The molecule has 1 aromatic rings. The molecule has 0 bridgehead atoms. The number of rotatable bonds is 6. The average molecular weight is 306 g/mol. The number of carboxylic acid groups (broad SMARTS) is 2. The van der Waals surface area contributed by atoms with Crippen LogP contribution in [0.1, 0.15) is 42.7 Å². The summed E-state index contributed by atoms with van der Waals surface area (Å²) in [5.41, 5.74) is 1.42. The fourth-order valence-corrected chi connectivity index (χ4v) is 3.36. The van der Waals surface area contributed by atoms with Crippen LogP contribution in [0.3, 0.4) is 0 Å². The monoisotopic (exact) mass is 306 g/mol. The van der Waals surface area contributed by atoms with Crippen LogP contribution in [0, 0.1) is 5.92 Å². The molecule has 1 aliphatic carbocycles. The van der Waals surface area contributed by atoms with Crippen molar-refractivity contribution in [2.24, 2.45) is 5.92 Å². The first kappa shape index (κ1) is 16.0. The second kappa shape index (κ2) is 6.60. The summed E-state index contributed by atoms with van der Waals surface area (Å²) < 4.78 is 4.98. The van der Waals surface area contributed by atoms with Crippen LogP contribution in [0.25, 0.3) is 0 Å². The van der Waals surface area contributed by atoms with Gasteiger partial charge in [0.25, 0.3) is 6.47 Å². The molecule has 0 aromatic heterocycles. The molecule has 4 unspecified atom stereocenters. The number of benzene rings is 1. The van der Waals surface area contributed by atoms with E-state index in [0.717, 1.165) is 5.56 Å². The van der Waals surface area contributed by atoms with Crippen LogP contribution in [-0.2, 0) is 19.1 Å². The van der Waals surface area contributed by atoms with Gasteiger partial charge in [0.15, 0.2) is 0 Å². The minimum absolute atomic E-state index is 0.177. The van der Waals surface area contributed by atoms with E-state index < -0.39 is 24.0 Å². The predicted molar refractivity (Wildman–Crippen MR) is 76.5 cm³/mol. The first-order valence-electron chi connectivity index (χ1n) is 7.08. The number of carboxylic acids is 2. The molecule has 0 spiro atoms. The number of carbonyl (C=O) groups excluding carboxylic acids is 1. The lowest BCUT2D eigenvalue weighted by Crippen LogP contribution is -2.34. The third-order valence-corrected chi connectivity index (χ3v) is 4.25. The second-order valence-corrected chi connectivity index (χ2v) is 5.63. The van der Waals surface area contributed by atoms with Gasteiger partial charge in [-0.1, -0.05) is 31.2 Å². The molecule has 4 atom stereocenters. The fraction of sp³-hybridized carbons (Fsp3) is 0.438. The Morgan fingerprint density at radius 1 is 1.32 bits per heavy atom. The average Bonchev–Trinajstić information content (AvgIpc) is 2.45. The lowest BCUT2D eigenvalue weighted by molar-refractivity contribution is -0.146. The number of fused-ring (bicyclic) bond motifs is 1. The normalized spacial score (nSPS) is 24.9. The van der Waals surface area contributed by atoms with E-state index in [1.807, 2.05) is 6.92 Å². The zero-order chi connectivity index (χ0) is 16.3. The van der Waals surface area contributed by atoms with Crippen molar-refractivity contribution in [2.45, 2.75) is 37.7 Å². The molecule has 118 valence electrons. The molecule has 0 saturated heterocycles. The van der Waals surface area contributed by atoms with Gasteiger partial charge in [0.05, 0.1) is 12.3 Å². The first-order chi connectivity index (χ1) is 10.5. The van der Waals surface area contributed by atoms with Gasteiger partial charge < -0.3 is 14.9 Å². The molecule has 6 nitrogen and oxygen atoms in total. The van der Waals surface area contributed by atoms with Gasteiger partial charge in [0.2, 0.25) is 0 Å². The van der Waals surface area contributed by atoms with Crippen molar-refractivity contribution in [1.29, 1.82) is 0 Å². The lowest BCUT2D eigenvalue weighted by atomic mass is 9.69. The van der Waals surface area contributed by atoms with Gasteiger partial charge in [-0.05, 0) is 23.5 Å². The maximum Gasteiger partial charge on any atom is 0.311 e. The third kappa shape index (κ3) is 3.10. The van der Waals surface area contributed by atoms with Crippen molar-refractivity contribution in [3.05, 3.63) is 35.4 Å². The Balaban J connectivity index is 2.44. The summed E-state index contributed by atoms with van der Waals surface area (Å²) in [6.07, 6.45) is -0.643. The number of hydrogen-bond donors (Lipinski definition) is 2. The lowest BCUT2D eigenvalue weighted by Gasteiger charge is -2.37. The van der Waals surface area contributed by atoms with Gasteiger partial charge in [-0.25, -0.2) is 0 Å². The molecule has 1 aliphatic rings. The zero-order valence-corrected chi connectivity index (χ0v) is 12.1. The standard InChI is InChI=1S/C16H18O6/c1-9-6-12(13(22-8-17)7-14(18)19)10-4-2-3-5-11(10)15(9)16(20)21/h2-5,8-9,12-13,15H,6-7H2,1H3,(H,18,19)(H,20,21). The minimum atomic E-state index is -1.06. The highest BCUT2D eigenvalue weighted by Crippen LogP contribution is 2.45. The quantitative estimate of drug-likeness (QED) is 0.779. The van der Waals surface area contributed by atoms with Crippen LogP contribution in [0.5, 0.6) is 0 Å². The van der Waals surface area contributed by atoms with Gasteiger partial charge in [-0.3, -0.25) is 14.4 Å². The van der Waals surface area contributed by atoms with E-state index >= 15 is 0 Å².